The quantitative estimate of drug-likeness (QED) is 0.557. The molecule has 2 N–H and O–H groups in total. The molecule has 0 spiro atoms. The van der Waals surface area contributed by atoms with Gasteiger partial charge < -0.3 is 10.5 Å². The number of benzene rings is 2. The zero-order valence-corrected chi connectivity index (χ0v) is 15.5. The van der Waals surface area contributed by atoms with Crippen molar-refractivity contribution in [2.24, 2.45) is 0 Å². The third-order valence-electron chi connectivity index (χ3n) is 4.10. The number of carbonyl (C=O) groups is 1. The van der Waals surface area contributed by atoms with Crippen molar-refractivity contribution in [2.45, 2.75) is 33.6 Å². The third-order valence-corrected chi connectivity index (χ3v) is 4.10. The summed E-state index contributed by atoms with van der Waals surface area (Å²) in [7, 11) is 0. The molecule has 0 aliphatic carbocycles. The molecule has 134 valence electrons. The molecule has 0 aliphatic rings. The SMILES string of the molecule is CC(=O)Oc1c(-c2ccc(N)cc2)c(C(C)C)nn1-c1cccc(C)c1. The van der Waals surface area contributed by atoms with E-state index in [1.165, 1.54) is 6.92 Å². The van der Waals surface area contributed by atoms with Crippen molar-refractivity contribution in [1.82, 2.24) is 9.78 Å². The molecule has 26 heavy (non-hydrogen) atoms. The second kappa shape index (κ2) is 7.04. The summed E-state index contributed by atoms with van der Waals surface area (Å²) in [5.41, 5.74) is 11.1. The van der Waals surface area contributed by atoms with Gasteiger partial charge in [-0.3, -0.25) is 4.79 Å². The molecule has 0 unspecified atom stereocenters. The van der Waals surface area contributed by atoms with E-state index in [1.807, 2.05) is 55.5 Å². The number of nitrogens with two attached hydrogens (primary N) is 1. The third kappa shape index (κ3) is 3.47. The number of carbonyl (C=O) groups excluding carboxylic acids is 1. The Morgan fingerprint density at radius 3 is 2.42 bits per heavy atom. The van der Waals surface area contributed by atoms with Crippen LogP contribution in [0.3, 0.4) is 0 Å². The van der Waals surface area contributed by atoms with Gasteiger partial charge >= 0.3 is 5.97 Å². The lowest BCUT2D eigenvalue weighted by atomic mass is 9.99. The molecule has 5 nitrogen and oxygen atoms in total. The molecular weight excluding hydrogens is 326 g/mol. The second-order valence-corrected chi connectivity index (χ2v) is 6.69. The molecule has 0 bridgehead atoms. The number of hydrogen-bond acceptors (Lipinski definition) is 4. The summed E-state index contributed by atoms with van der Waals surface area (Å²) in [4.78, 5) is 11.8. The molecule has 5 heteroatoms. The molecule has 0 radical (unpaired) electrons. The fraction of sp³-hybridized carbons (Fsp3) is 0.238. The first-order chi connectivity index (χ1) is 12.4. The minimum atomic E-state index is -0.384. The van der Waals surface area contributed by atoms with Crippen LogP contribution in [0.25, 0.3) is 16.8 Å². The van der Waals surface area contributed by atoms with Crippen molar-refractivity contribution < 1.29 is 9.53 Å². The molecule has 2 aromatic carbocycles. The molecule has 1 heterocycles. The number of aromatic nitrogens is 2. The molecule has 0 saturated carbocycles. The van der Waals surface area contributed by atoms with Crippen molar-refractivity contribution in [1.29, 1.82) is 0 Å². The van der Waals surface area contributed by atoms with Crippen LogP contribution < -0.4 is 10.5 Å². The van der Waals surface area contributed by atoms with E-state index in [2.05, 4.69) is 13.8 Å². The van der Waals surface area contributed by atoms with E-state index in [9.17, 15) is 4.79 Å². The van der Waals surface area contributed by atoms with Crippen molar-refractivity contribution in [3.05, 3.63) is 59.8 Å². The van der Waals surface area contributed by atoms with Crippen molar-refractivity contribution in [2.75, 3.05) is 5.73 Å². The Labute approximate surface area is 153 Å². The van der Waals surface area contributed by atoms with Crippen LogP contribution in [0.1, 0.15) is 37.9 Å². The summed E-state index contributed by atoms with van der Waals surface area (Å²) in [6, 6.07) is 15.4. The van der Waals surface area contributed by atoms with Gasteiger partial charge in [0.05, 0.1) is 16.9 Å². The molecule has 0 atom stereocenters. The van der Waals surface area contributed by atoms with E-state index >= 15 is 0 Å². The second-order valence-electron chi connectivity index (χ2n) is 6.69. The van der Waals surface area contributed by atoms with Crippen LogP contribution in [0.15, 0.2) is 48.5 Å². The molecule has 1 aromatic heterocycles. The van der Waals surface area contributed by atoms with Crippen molar-refractivity contribution in [3.63, 3.8) is 0 Å². The highest BCUT2D eigenvalue weighted by Gasteiger charge is 2.24. The van der Waals surface area contributed by atoms with Crippen LogP contribution in [-0.2, 0) is 4.79 Å². The average Bonchev–Trinajstić information content (AvgIpc) is 2.94. The zero-order valence-electron chi connectivity index (χ0n) is 15.5. The molecule has 3 aromatic rings. The van der Waals surface area contributed by atoms with Gasteiger partial charge in [-0.15, -0.1) is 0 Å². The first-order valence-electron chi connectivity index (χ1n) is 8.61. The van der Waals surface area contributed by atoms with E-state index in [0.29, 0.717) is 11.6 Å². The maximum absolute atomic E-state index is 11.8. The Kier molecular flexibility index (Phi) is 4.80. The zero-order chi connectivity index (χ0) is 18.8. The summed E-state index contributed by atoms with van der Waals surface area (Å²) in [5.74, 6) is 0.199. The van der Waals surface area contributed by atoms with E-state index in [1.54, 1.807) is 4.68 Å². The van der Waals surface area contributed by atoms with Gasteiger partial charge in [0, 0.05) is 12.6 Å². The van der Waals surface area contributed by atoms with Gasteiger partial charge in [-0.1, -0.05) is 38.1 Å². The maximum Gasteiger partial charge on any atom is 0.309 e. The minimum absolute atomic E-state index is 0.155. The molecule has 3 rings (SSSR count). The smallest absolute Gasteiger partial charge is 0.309 e. The predicted molar refractivity (Wildman–Crippen MR) is 104 cm³/mol. The van der Waals surface area contributed by atoms with Crippen LogP contribution in [0.5, 0.6) is 5.88 Å². The summed E-state index contributed by atoms with van der Waals surface area (Å²) in [5, 5.41) is 4.78. The molecular formula is C21H23N3O2. The number of rotatable bonds is 4. The highest BCUT2D eigenvalue weighted by Crippen LogP contribution is 2.39. The maximum atomic E-state index is 11.8. The van der Waals surface area contributed by atoms with Gasteiger partial charge in [-0.25, -0.2) is 0 Å². The lowest BCUT2D eigenvalue weighted by molar-refractivity contribution is -0.132. The van der Waals surface area contributed by atoms with Crippen molar-refractivity contribution in [3.8, 4) is 22.7 Å². The van der Waals surface area contributed by atoms with Gasteiger partial charge in [-0.05, 0) is 48.2 Å². The Hall–Kier alpha value is -3.08. The standard InChI is InChI=1S/C21H23N3O2/c1-13(2)20-19(16-8-10-17(22)11-9-16)21(26-15(4)25)24(23-20)18-7-5-6-14(3)12-18/h5-13H,22H2,1-4H3. The van der Waals surface area contributed by atoms with Crippen LogP contribution in [0.4, 0.5) is 5.69 Å². The van der Waals surface area contributed by atoms with E-state index in [4.69, 9.17) is 15.6 Å². The number of ether oxygens (including phenoxy) is 1. The highest BCUT2D eigenvalue weighted by molar-refractivity contribution is 5.78. The molecule has 0 amide bonds. The number of esters is 1. The number of hydrogen-bond donors (Lipinski definition) is 1. The summed E-state index contributed by atoms with van der Waals surface area (Å²) in [6.45, 7) is 7.56. The van der Waals surface area contributed by atoms with Crippen LogP contribution >= 0.6 is 0 Å². The fourth-order valence-corrected chi connectivity index (χ4v) is 2.91. The van der Waals surface area contributed by atoms with Gasteiger partial charge in [0.2, 0.25) is 5.88 Å². The summed E-state index contributed by atoms with van der Waals surface area (Å²) >= 11 is 0. The van der Waals surface area contributed by atoms with E-state index in [-0.39, 0.29) is 11.9 Å². The average molecular weight is 349 g/mol. The number of aryl methyl sites for hydroxylation is 1. The minimum Gasteiger partial charge on any atom is -0.407 e. The predicted octanol–water partition coefficient (Wildman–Crippen LogP) is 4.48. The van der Waals surface area contributed by atoms with E-state index < -0.39 is 0 Å². The summed E-state index contributed by atoms with van der Waals surface area (Å²) in [6.07, 6.45) is 0. The topological polar surface area (TPSA) is 70.1 Å². The molecule has 0 saturated heterocycles. The van der Waals surface area contributed by atoms with Crippen LogP contribution in [0, 0.1) is 6.92 Å². The highest BCUT2D eigenvalue weighted by atomic mass is 16.5. The largest absolute Gasteiger partial charge is 0.407 e. The van der Waals surface area contributed by atoms with Crippen molar-refractivity contribution >= 4 is 11.7 Å². The fourth-order valence-electron chi connectivity index (χ4n) is 2.91. The number of nitrogen functional groups attached to an aromatic ring is 1. The monoisotopic (exact) mass is 349 g/mol. The lowest BCUT2D eigenvalue weighted by Crippen LogP contribution is -2.08. The Bertz CT molecular complexity index is 940. The van der Waals surface area contributed by atoms with Gasteiger partial charge in [0.15, 0.2) is 0 Å². The van der Waals surface area contributed by atoms with E-state index in [0.717, 1.165) is 28.1 Å². The molecule has 0 aliphatic heterocycles. The molecule has 0 fully saturated rings. The Balaban J connectivity index is 2.30. The summed E-state index contributed by atoms with van der Waals surface area (Å²) < 4.78 is 7.32. The Morgan fingerprint density at radius 1 is 1.15 bits per heavy atom. The van der Waals surface area contributed by atoms with Gasteiger partial charge in [0.25, 0.3) is 0 Å². The first kappa shape index (κ1) is 17.7. The first-order valence-corrected chi connectivity index (χ1v) is 8.61. The normalized spacial score (nSPS) is 11.0. The van der Waals surface area contributed by atoms with Gasteiger partial charge in [-0.2, -0.15) is 9.78 Å². The van der Waals surface area contributed by atoms with Crippen LogP contribution in [0.2, 0.25) is 0 Å². The lowest BCUT2D eigenvalue weighted by Gasteiger charge is -2.10. The Morgan fingerprint density at radius 2 is 1.85 bits per heavy atom. The van der Waals surface area contributed by atoms with Crippen LogP contribution in [-0.4, -0.2) is 15.7 Å². The number of anilines is 1. The number of nitrogens with zero attached hydrogens (tertiary/aromatic N) is 2. The van der Waals surface area contributed by atoms with Gasteiger partial charge in [0.1, 0.15) is 0 Å².